The van der Waals surface area contributed by atoms with Gasteiger partial charge in [-0.1, -0.05) is 21.3 Å². The molecule has 0 unspecified atom stereocenters. The van der Waals surface area contributed by atoms with E-state index in [0.29, 0.717) is 6.04 Å². The first-order chi connectivity index (χ1) is 5.37. The van der Waals surface area contributed by atoms with Crippen LogP contribution in [-0.2, 0) is 4.79 Å². The molecule has 0 fully saturated rings. The van der Waals surface area contributed by atoms with Crippen molar-refractivity contribution in [3.63, 3.8) is 0 Å². The number of carbonyl (C=O) groups excluding carboxylic acids is 1. The van der Waals surface area contributed by atoms with Crippen molar-refractivity contribution in [2.45, 2.75) is 41.2 Å². The average Bonchev–Trinajstić information content (AvgIpc) is 2.00. The van der Waals surface area contributed by atoms with Crippen molar-refractivity contribution < 1.29 is 4.79 Å². The van der Waals surface area contributed by atoms with Crippen molar-refractivity contribution in [2.75, 3.05) is 14.1 Å². The second kappa shape index (κ2) is 5.97. The van der Waals surface area contributed by atoms with Crippen LogP contribution in [0.2, 0.25) is 0 Å². The van der Waals surface area contributed by atoms with Crippen LogP contribution in [0, 0.1) is 5.92 Å². The Bertz CT molecular complexity index is 155. The molecule has 0 radical (unpaired) electrons. The minimum Gasteiger partial charge on any atom is -0.278 e. The molecule has 0 aliphatic rings. The highest BCUT2D eigenvalue weighted by Gasteiger charge is 2.18. The standard InChI is InChI=1S/C9H20N2O.CH4/c1-7(2)9(12)11(6)10(5)8(3)4;/h7-8H,1-6H3;1H4. The molecule has 0 aliphatic carbocycles. The molecular weight excluding hydrogens is 164 g/mol. The molecule has 3 heteroatoms. The number of nitrogens with zero attached hydrogens (tertiary/aromatic N) is 2. The van der Waals surface area contributed by atoms with E-state index in [0.717, 1.165) is 0 Å². The van der Waals surface area contributed by atoms with Gasteiger partial charge < -0.3 is 0 Å². The summed E-state index contributed by atoms with van der Waals surface area (Å²) < 4.78 is 0. The lowest BCUT2D eigenvalue weighted by molar-refractivity contribution is -0.149. The Kier molecular flexibility index (Phi) is 6.86. The van der Waals surface area contributed by atoms with Crippen LogP contribution < -0.4 is 0 Å². The molecule has 13 heavy (non-hydrogen) atoms. The number of rotatable bonds is 3. The Morgan fingerprint density at radius 3 is 1.69 bits per heavy atom. The van der Waals surface area contributed by atoms with Gasteiger partial charge in [-0.05, 0) is 13.8 Å². The Labute approximate surface area is 82.7 Å². The molecule has 0 atom stereocenters. The minimum atomic E-state index is 0. The molecule has 0 N–H and O–H groups in total. The molecule has 0 spiro atoms. The van der Waals surface area contributed by atoms with Crippen molar-refractivity contribution in [3.05, 3.63) is 0 Å². The topological polar surface area (TPSA) is 23.6 Å². The molecule has 0 aliphatic heterocycles. The van der Waals surface area contributed by atoms with Crippen LogP contribution in [0.15, 0.2) is 0 Å². The molecule has 0 heterocycles. The van der Waals surface area contributed by atoms with Crippen LogP contribution in [0.3, 0.4) is 0 Å². The molecule has 0 aromatic rings. The summed E-state index contributed by atoms with van der Waals surface area (Å²) in [6.45, 7) is 7.94. The van der Waals surface area contributed by atoms with Gasteiger partial charge in [0, 0.05) is 26.1 Å². The minimum absolute atomic E-state index is 0. The van der Waals surface area contributed by atoms with E-state index in [-0.39, 0.29) is 19.3 Å². The first-order valence-electron chi connectivity index (χ1n) is 4.38. The van der Waals surface area contributed by atoms with Crippen molar-refractivity contribution in [1.82, 2.24) is 10.0 Å². The fourth-order valence-electron chi connectivity index (χ4n) is 0.876. The van der Waals surface area contributed by atoms with Crippen LogP contribution in [-0.4, -0.2) is 36.1 Å². The normalized spacial score (nSPS) is 10.5. The zero-order chi connectivity index (χ0) is 9.89. The van der Waals surface area contributed by atoms with Crippen LogP contribution in [0.1, 0.15) is 35.1 Å². The summed E-state index contributed by atoms with van der Waals surface area (Å²) in [6.07, 6.45) is 0. The monoisotopic (exact) mass is 188 g/mol. The summed E-state index contributed by atoms with van der Waals surface area (Å²) in [5.74, 6) is 0.224. The van der Waals surface area contributed by atoms with Gasteiger partial charge in [-0.2, -0.15) is 0 Å². The molecule has 80 valence electrons. The van der Waals surface area contributed by atoms with Gasteiger partial charge in [-0.25, -0.2) is 5.01 Å². The van der Waals surface area contributed by atoms with Crippen LogP contribution >= 0.6 is 0 Å². The Morgan fingerprint density at radius 2 is 1.46 bits per heavy atom. The smallest absolute Gasteiger partial charge is 0.239 e. The van der Waals surface area contributed by atoms with Crippen molar-refractivity contribution in [2.24, 2.45) is 5.92 Å². The van der Waals surface area contributed by atoms with Crippen LogP contribution in [0.5, 0.6) is 0 Å². The van der Waals surface area contributed by atoms with Gasteiger partial charge in [0.25, 0.3) is 0 Å². The third kappa shape index (κ3) is 4.27. The van der Waals surface area contributed by atoms with E-state index in [2.05, 4.69) is 13.8 Å². The highest BCUT2D eigenvalue weighted by molar-refractivity contribution is 5.77. The summed E-state index contributed by atoms with van der Waals surface area (Å²) in [7, 11) is 3.73. The maximum atomic E-state index is 11.5. The maximum absolute atomic E-state index is 11.5. The first kappa shape index (κ1) is 14.9. The lowest BCUT2D eigenvalue weighted by Crippen LogP contribution is -2.46. The number of hydrogen-bond acceptors (Lipinski definition) is 2. The van der Waals surface area contributed by atoms with Crippen molar-refractivity contribution >= 4 is 5.91 Å². The fourth-order valence-corrected chi connectivity index (χ4v) is 0.876. The fraction of sp³-hybridized carbons (Fsp3) is 0.900. The zero-order valence-corrected chi connectivity index (χ0v) is 8.96. The maximum Gasteiger partial charge on any atom is 0.239 e. The summed E-state index contributed by atoms with van der Waals surface area (Å²) in [5, 5.41) is 3.61. The molecule has 0 aromatic carbocycles. The lowest BCUT2D eigenvalue weighted by Gasteiger charge is -2.32. The molecule has 1 amide bonds. The van der Waals surface area contributed by atoms with E-state index in [1.54, 1.807) is 5.01 Å². The van der Waals surface area contributed by atoms with Gasteiger partial charge >= 0.3 is 0 Å². The first-order valence-corrected chi connectivity index (χ1v) is 4.38. The Hall–Kier alpha value is -0.570. The Morgan fingerprint density at radius 1 is 1.08 bits per heavy atom. The quantitative estimate of drug-likeness (QED) is 0.632. The third-order valence-electron chi connectivity index (χ3n) is 2.03. The van der Waals surface area contributed by atoms with E-state index in [9.17, 15) is 4.79 Å². The number of hydrogen-bond donors (Lipinski definition) is 0. The highest BCUT2D eigenvalue weighted by atomic mass is 16.2. The predicted molar refractivity (Wildman–Crippen MR) is 57.2 cm³/mol. The summed E-state index contributed by atoms with van der Waals surface area (Å²) >= 11 is 0. The number of hydrazine groups is 1. The second-order valence-corrected chi connectivity index (χ2v) is 3.68. The van der Waals surface area contributed by atoms with Gasteiger partial charge in [-0.3, -0.25) is 9.80 Å². The third-order valence-corrected chi connectivity index (χ3v) is 2.03. The van der Waals surface area contributed by atoms with Crippen molar-refractivity contribution in [3.8, 4) is 0 Å². The SMILES string of the molecule is C.CC(C)C(=O)N(C)N(C)C(C)C. The predicted octanol–water partition coefficient (Wildman–Crippen LogP) is 1.99. The molecule has 0 saturated carbocycles. The number of carbonyl (C=O) groups is 1. The largest absolute Gasteiger partial charge is 0.278 e. The van der Waals surface area contributed by atoms with E-state index in [1.807, 2.05) is 33.0 Å². The summed E-state index contributed by atoms with van der Waals surface area (Å²) in [6, 6.07) is 0.359. The summed E-state index contributed by atoms with van der Waals surface area (Å²) in [5.41, 5.74) is 0. The van der Waals surface area contributed by atoms with E-state index in [4.69, 9.17) is 0 Å². The molecular formula is C10H24N2O. The van der Waals surface area contributed by atoms with Crippen molar-refractivity contribution in [1.29, 1.82) is 0 Å². The van der Waals surface area contributed by atoms with Gasteiger partial charge in [0.15, 0.2) is 0 Å². The summed E-state index contributed by atoms with van der Waals surface area (Å²) in [4.78, 5) is 11.5. The van der Waals surface area contributed by atoms with Crippen LogP contribution in [0.25, 0.3) is 0 Å². The molecule has 0 rings (SSSR count). The average molecular weight is 188 g/mol. The van der Waals surface area contributed by atoms with E-state index >= 15 is 0 Å². The van der Waals surface area contributed by atoms with Gasteiger partial charge in [-0.15, -0.1) is 0 Å². The van der Waals surface area contributed by atoms with E-state index < -0.39 is 0 Å². The van der Waals surface area contributed by atoms with E-state index in [1.165, 1.54) is 0 Å². The zero-order valence-electron chi connectivity index (χ0n) is 8.96. The van der Waals surface area contributed by atoms with Gasteiger partial charge in [0.2, 0.25) is 5.91 Å². The molecule has 0 aromatic heterocycles. The molecule has 0 bridgehead atoms. The molecule has 3 nitrogen and oxygen atoms in total. The lowest BCUT2D eigenvalue weighted by atomic mass is 10.2. The van der Waals surface area contributed by atoms with Gasteiger partial charge in [0.05, 0.1) is 0 Å². The van der Waals surface area contributed by atoms with Gasteiger partial charge in [0.1, 0.15) is 0 Å². The van der Waals surface area contributed by atoms with Crippen LogP contribution in [0.4, 0.5) is 0 Å². The molecule has 0 saturated heterocycles. The number of amides is 1. The Balaban J connectivity index is 0. The second-order valence-electron chi connectivity index (χ2n) is 3.68. The highest BCUT2D eigenvalue weighted by Crippen LogP contribution is 2.04.